The zero-order valence-corrected chi connectivity index (χ0v) is 23.0. The summed E-state index contributed by atoms with van der Waals surface area (Å²) in [6, 6.07) is 7.25. The molecule has 5 rings (SSSR count). The fourth-order valence-corrected chi connectivity index (χ4v) is 4.83. The Balaban J connectivity index is 1.50. The second-order valence-electron chi connectivity index (χ2n) is 10.8. The third kappa shape index (κ3) is 5.51. The number of rotatable bonds is 8. The Labute approximate surface area is 234 Å². The van der Waals surface area contributed by atoms with E-state index in [4.69, 9.17) is 11.6 Å². The molecule has 0 bridgehead atoms. The predicted molar refractivity (Wildman–Crippen MR) is 149 cm³/mol. The summed E-state index contributed by atoms with van der Waals surface area (Å²) >= 11 is 6.49. The normalized spacial score (nSPS) is 13.6. The van der Waals surface area contributed by atoms with E-state index in [1.807, 2.05) is 20.8 Å². The van der Waals surface area contributed by atoms with Gasteiger partial charge in [0.05, 0.1) is 33.5 Å². The molecule has 1 aliphatic rings. The summed E-state index contributed by atoms with van der Waals surface area (Å²) in [5, 5.41) is 15.9. The van der Waals surface area contributed by atoms with Crippen molar-refractivity contribution in [1.29, 1.82) is 0 Å². The number of aromatic nitrogens is 3. The van der Waals surface area contributed by atoms with E-state index in [1.54, 1.807) is 28.8 Å². The molecule has 40 heavy (non-hydrogen) atoms. The molecular formula is C28H29ClF2N6O3. The van der Waals surface area contributed by atoms with Crippen LogP contribution in [0.15, 0.2) is 36.5 Å². The number of carbonyl (C=O) groups excluding carboxylic acids is 1. The highest BCUT2D eigenvalue weighted by molar-refractivity contribution is 6.34. The summed E-state index contributed by atoms with van der Waals surface area (Å²) in [5.74, 6) is -1.99. The lowest BCUT2D eigenvalue weighted by molar-refractivity contribution is 0.0949. The van der Waals surface area contributed by atoms with Gasteiger partial charge < -0.3 is 20.6 Å². The quantitative estimate of drug-likeness (QED) is 0.226. The highest BCUT2D eigenvalue weighted by Gasteiger charge is 2.26. The third-order valence-electron chi connectivity index (χ3n) is 6.78. The van der Waals surface area contributed by atoms with Crippen LogP contribution >= 0.6 is 11.6 Å². The molecular weight excluding hydrogens is 542 g/mol. The largest absolute Gasteiger partial charge is 0.465 e. The maximum Gasteiger partial charge on any atom is 0.407 e. The van der Waals surface area contributed by atoms with Crippen LogP contribution in [0.5, 0.6) is 0 Å². The number of imidazole rings is 1. The van der Waals surface area contributed by atoms with Gasteiger partial charge in [-0.05, 0) is 52.2 Å². The lowest BCUT2D eigenvalue weighted by Gasteiger charge is -2.33. The van der Waals surface area contributed by atoms with Gasteiger partial charge in [0.25, 0.3) is 5.91 Å². The van der Waals surface area contributed by atoms with Crippen LogP contribution in [0.3, 0.4) is 0 Å². The molecule has 210 valence electrons. The molecule has 2 aromatic heterocycles. The Morgan fingerprint density at radius 1 is 1.18 bits per heavy atom. The number of carbonyl (C=O) groups is 2. The van der Waals surface area contributed by atoms with E-state index < -0.39 is 23.3 Å². The van der Waals surface area contributed by atoms with E-state index in [1.165, 1.54) is 4.90 Å². The van der Waals surface area contributed by atoms with Gasteiger partial charge in [0, 0.05) is 42.4 Å². The van der Waals surface area contributed by atoms with Crippen molar-refractivity contribution in [3.05, 3.63) is 58.7 Å². The average Bonchev–Trinajstić information content (AvgIpc) is 3.57. The van der Waals surface area contributed by atoms with Crippen molar-refractivity contribution in [3.8, 4) is 11.3 Å². The molecule has 1 saturated carbocycles. The van der Waals surface area contributed by atoms with Gasteiger partial charge in [-0.2, -0.15) is 0 Å². The average molecular weight is 571 g/mol. The van der Waals surface area contributed by atoms with Gasteiger partial charge in [-0.25, -0.2) is 23.5 Å². The highest BCUT2D eigenvalue weighted by Crippen LogP contribution is 2.32. The van der Waals surface area contributed by atoms with E-state index in [2.05, 4.69) is 20.6 Å². The van der Waals surface area contributed by atoms with E-state index >= 15 is 0 Å². The van der Waals surface area contributed by atoms with Crippen LogP contribution in [0, 0.1) is 11.6 Å². The van der Waals surface area contributed by atoms with E-state index in [0.29, 0.717) is 46.8 Å². The first-order valence-electron chi connectivity index (χ1n) is 13.0. The summed E-state index contributed by atoms with van der Waals surface area (Å²) in [7, 11) is 0. The molecule has 0 aliphatic heterocycles. The number of anilines is 1. The predicted octanol–water partition coefficient (Wildman–Crippen LogP) is 5.95. The smallest absolute Gasteiger partial charge is 0.407 e. The zero-order valence-electron chi connectivity index (χ0n) is 22.3. The van der Waals surface area contributed by atoms with Crippen LogP contribution in [0.4, 0.5) is 19.4 Å². The van der Waals surface area contributed by atoms with Crippen molar-refractivity contribution in [2.24, 2.45) is 0 Å². The monoisotopic (exact) mass is 570 g/mol. The number of nitrogens with one attached hydrogen (secondary N) is 2. The van der Waals surface area contributed by atoms with Crippen molar-refractivity contribution in [3.63, 3.8) is 0 Å². The van der Waals surface area contributed by atoms with Gasteiger partial charge in [0.1, 0.15) is 0 Å². The second-order valence-corrected chi connectivity index (χ2v) is 11.3. The number of hydrogen-bond acceptors (Lipinski definition) is 5. The molecule has 3 N–H and O–H groups in total. The van der Waals surface area contributed by atoms with Gasteiger partial charge in [-0.3, -0.25) is 9.20 Å². The maximum atomic E-state index is 14.3. The Hall–Kier alpha value is -3.99. The molecule has 0 spiro atoms. The summed E-state index contributed by atoms with van der Waals surface area (Å²) < 4.78 is 30.2. The molecule has 2 amide bonds. The first-order chi connectivity index (χ1) is 18.9. The van der Waals surface area contributed by atoms with Crippen LogP contribution in [0.25, 0.3) is 27.9 Å². The van der Waals surface area contributed by atoms with Crippen LogP contribution in [0.2, 0.25) is 5.02 Å². The molecule has 2 heterocycles. The van der Waals surface area contributed by atoms with Crippen LogP contribution in [-0.4, -0.2) is 61.0 Å². The fourth-order valence-electron chi connectivity index (χ4n) is 4.56. The van der Waals surface area contributed by atoms with Gasteiger partial charge >= 0.3 is 6.09 Å². The topological polar surface area (TPSA) is 112 Å². The van der Waals surface area contributed by atoms with Crippen molar-refractivity contribution in [2.45, 2.75) is 51.6 Å². The first-order valence-corrected chi connectivity index (χ1v) is 13.3. The second kappa shape index (κ2) is 10.5. The van der Waals surface area contributed by atoms with Gasteiger partial charge in [0.15, 0.2) is 23.1 Å². The molecule has 1 aliphatic carbocycles. The minimum atomic E-state index is -1.04. The molecule has 0 saturated heterocycles. The zero-order chi connectivity index (χ0) is 28.8. The van der Waals surface area contributed by atoms with E-state index in [0.717, 1.165) is 25.0 Å². The Morgan fingerprint density at radius 2 is 1.90 bits per heavy atom. The fraction of sp³-hybridized carbons (Fsp3) is 0.357. The number of benzene rings is 2. The van der Waals surface area contributed by atoms with Crippen LogP contribution in [0.1, 0.15) is 50.4 Å². The molecule has 1 fully saturated rings. The summed E-state index contributed by atoms with van der Waals surface area (Å²) in [6.45, 7) is 6.11. The van der Waals surface area contributed by atoms with Crippen molar-refractivity contribution in [2.75, 3.05) is 18.4 Å². The Kier molecular flexibility index (Phi) is 7.26. The minimum Gasteiger partial charge on any atom is -0.465 e. The van der Waals surface area contributed by atoms with Crippen LogP contribution < -0.4 is 10.6 Å². The first kappa shape index (κ1) is 27.6. The number of fused-ring (bicyclic) bond motifs is 3. The molecule has 0 atom stereocenters. The third-order valence-corrected chi connectivity index (χ3v) is 7.09. The van der Waals surface area contributed by atoms with E-state index in [9.17, 15) is 23.5 Å². The molecule has 9 nitrogen and oxygen atoms in total. The Morgan fingerprint density at radius 3 is 2.55 bits per heavy atom. The highest BCUT2D eigenvalue weighted by atomic mass is 35.5. The van der Waals surface area contributed by atoms with Crippen molar-refractivity contribution < 1.29 is 23.5 Å². The summed E-state index contributed by atoms with van der Waals surface area (Å²) in [6.07, 6.45) is 2.94. The SMILES string of the molecule is CC(C)(C)N(CCCNc1nc2cc(F)c(F)cc2n2c(-c3ccc(C(=O)NC4CC4)c(Cl)c3)cnc12)C(=O)O. The lowest BCUT2D eigenvalue weighted by atomic mass is 10.1. The lowest BCUT2D eigenvalue weighted by Crippen LogP contribution is -2.45. The minimum absolute atomic E-state index is 0.183. The number of carboxylic acid groups (broad SMARTS) is 1. The maximum absolute atomic E-state index is 14.3. The summed E-state index contributed by atoms with van der Waals surface area (Å²) in [5.41, 5.74) is 1.80. The number of hydrogen-bond donors (Lipinski definition) is 3. The van der Waals surface area contributed by atoms with Crippen molar-refractivity contribution in [1.82, 2.24) is 24.6 Å². The molecule has 12 heteroatoms. The van der Waals surface area contributed by atoms with Gasteiger partial charge in [-0.15, -0.1) is 0 Å². The van der Waals surface area contributed by atoms with Crippen molar-refractivity contribution >= 4 is 46.1 Å². The summed E-state index contributed by atoms with van der Waals surface area (Å²) in [4.78, 5) is 34.5. The number of halogens is 3. The number of nitrogens with zero attached hydrogens (tertiary/aromatic N) is 4. The molecule has 0 radical (unpaired) electrons. The van der Waals surface area contributed by atoms with E-state index in [-0.39, 0.29) is 29.0 Å². The Bertz CT molecular complexity index is 1630. The number of amides is 2. The van der Waals surface area contributed by atoms with Gasteiger partial charge in [0.2, 0.25) is 0 Å². The van der Waals surface area contributed by atoms with Gasteiger partial charge in [-0.1, -0.05) is 17.7 Å². The molecule has 4 aromatic rings. The van der Waals surface area contributed by atoms with Crippen LogP contribution in [-0.2, 0) is 0 Å². The molecule has 0 unspecified atom stereocenters. The standard InChI is InChI=1S/C28H29ClF2N6O3/c1-28(2,3)36(27(39)40)10-4-9-32-24-25-33-14-23(37(25)22-13-20(31)19(30)12-21(22)35-24)15-5-8-17(18(29)11-15)26(38)34-16-6-7-16/h5,8,11-14,16H,4,6-7,9-10H2,1-3H3,(H,32,35)(H,34,38)(H,39,40). The molecule has 2 aromatic carbocycles.